The number of piperidine rings is 1. The Balaban J connectivity index is 0.933. The van der Waals surface area contributed by atoms with Crippen molar-refractivity contribution in [2.24, 2.45) is 10.8 Å². The van der Waals surface area contributed by atoms with Crippen molar-refractivity contribution < 1.29 is 33.1 Å². The molecule has 1 unspecified atom stereocenters. The minimum absolute atomic E-state index is 0.00736. The molecule has 3 aromatic rings. The molecule has 2 saturated heterocycles. The van der Waals surface area contributed by atoms with Gasteiger partial charge in [-0.1, -0.05) is 39.3 Å². The maximum atomic E-state index is 15.3. The lowest BCUT2D eigenvalue weighted by Crippen LogP contribution is -2.74. The Morgan fingerprint density at radius 3 is 2.39 bits per heavy atom. The predicted octanol–water partition coefficient (Wildman–Crippen LogP) is 4.08. The number of rotatable bonds is 8. The molecule has 1 aliphatic carbocycles. The van der Waals surface area contributed by atoms with Gasteiger partial charge in [0, 0.05) is 68.3 Å². The van der Waals surface area contributed by atoms with E-state index in [0.717, 1.165) is 4.90 Å². The third kappa shape index (κ3) is 6.45. The van der Waals surface area contributed by atoms with Gasteiger partial charge in [-0.05, 0) is 48.4 Å². The first-order valence-corrected chi connectivity index (χ1v) is 18.1. The lowest BCUT2D eigenvalue weighted by molar-refractivity contribution is -0.164. The van der Waals surface area contributed by atoms with E-state index in [9.17, 15) is 29.2 Å². The van der Waals surface area contributed by atoms with Gasteiger partial charge in [-0.15, -0.1) is 0 Å². The number of carbonyl (C=O) groups is 5. The number of nitrogens with zero attached hydrogens (tertiary/aromatic N) is 5. The molecule has 280 valence electrons. The molecule has 15 heteroatoms. The first-order chi connectivity index (χ1) is 25.6. The van der Waals surface area contributed by atoms with E-state index < -0.39 is 46.3 Å². The van der Waals surface area contributed by atoms with E-state index in [1.807, 2.05) is 39.8 Å². The van der Waals surface area contributed by atoms with Gasteiger partial charge in [0.2, 0.25) is 11.8 Å². The van der Waals surface area contributed by atoms with Gasteiger partial charge in [0.1, 0.15) is 35.6 Å². The number of nitriles is 1. The molecule has 1 atom stereocenters. The topological polar surface area (TPSA) is 165 Å². The first-order valence-electron chi connectivity index (χ1n) is 17.7. The van der Waals surface area contributed by atoms with Crippen molar-refractivity contribution in [3.05, 3.63) is 87.3 Å². The van der Waals surface area contributed by atoms with Crippen LogP contribution in [0.1, 0.15) is 82.7 Å². The normalized spacial score (nSPS) is 23.3. The van der Waals surface area contributed by atoms with E-state index in [1.54, 1.807) is 30.5 Å². The standard InChI is InChI=1S/C39H39ClFN7O6/c1-38(2)36(39(3,4)37(38)54-24-7-5-22(18-42)26(40)17-24)45-32(50)23-6-9-29(43-19-23)47-13-11-46(12-14-47)20-21-15-25-31(27(41)16-21)35(53)48(34(25)52)28-8-10-30(49)44-33(28)51/h5-7,9,15-17,19,28,36-37H,8,10-14,20H2,1-4H3,(H,45,50)(H,44,49,51). The van der Waals surface area contributed by atoms with Crippen LogP contribution in [0.4, 0.5) is 10.2 Å². The molecule has 2 aromatic carbocycles. The summed E-state index contributed by atoms with van der Waals surface area (Å²) in [5.74, 6) is -2.65. The van der Waals surface area contributed by atoms with Crippen LogP contribution in [-0.4, -0.2) is 88.7 Å². The number of imide groups is 2. The summed E-state index contributed by atoms with van der Waals surface area (Å²) >= 11 is 6.22. The van der Waals surface area contributed by atoms with Crippen LogP contribution in [0.15, 0.2) is 48.7 Å². The molecule has 2 N–H and O–H groups in total. The molecule has 5 amide bonds. The molecule has 7 rings (SSSR count). The van der Waals surface area contributed by atoms with Gasteiger partial charge in [0.15, 0.2) is 0 Å². The van der Waals surface area contributed by atoms with Crippen molar-refractivity contribution >= 4 is 47.0 Å². The first kappa shape index (κ1) is 36.9. The highest BCUT2D eigenvalue weighted by molar-refractivity contribution is 6.31. The molecule has 0 spiro atoms. The van der Waals surface area contributed by atoms with Crippen molar-refractivity contribution in [1.82, 2.24) is 25.4 Å². The number of halogens is 2. The number of amides is 5. The molecule has 54 heavy (non-hydrogen) atoms. The molecule has 4 heterocycles. The summed E-state index contributed by atoms with van der Waals surface area (Å²) in [4.78, 5) is 73.2. The third-order valence-electron chi connectivity index (χ3n) is 11.1. The van der Waals surface area contributed by atoms with Crippen LogP contribution in [0.5, 0.6) is 5.75 Å². The van der Waals surface area contributed by atoms with Crippen LogP contribution in [0.2, 0.25) is 5.02 Å². The molecule has 0 bridgehead atoms. The number of fused-ring (bicyclic) bond motifs is 1. The van der Waals surface area contributed by atoms with E-state index in [0.29, 0.717) is 66.0 Å². The van der Waals surface area contributed by atoms with E-state index in [-0.39, 0.29) is 42.0 Å². The Labute approximate surface area is 316 Å². The maximum Gasteiger partial charge on any atom is 0.265 e. The number of hydrogen-bond acceptors (Lipinski definition) is 10. The van der Waals surface area contributed by atoms with Gasteiger partial charge in [-0.25, -0.2) is 9.37 Å². The second-order valence-electron chi connectivity index (χ2n) is 15.4. The Morgan fingerprint density at radius 1 is 1.04 bits per heavy atom. The molecule has 13 nitrogen and oxygen atoms in total. The minimum atomic E-state index is -1.17. The van der Waals surface area contributed by atoms with Crippen molar-refractivity contribution in [1.29, 1.82) is 5.26 Å². The zero-order valence-corrected chi connectivity index (χ0v) is 31.0. The van der Waals surface area contributed by atoms with Crippen molar-refractivity contribution in [2.75, 3.05) is 31.1 Å². The molecular weight excluding hydrogens is 717 g/mol. The average molecular weight is 756 g/mol. The number of benzene rings is 2. The smallest absolute Gasteiger partial charge is 0.265 e. The number of ether oxygens (including phenoxy) is 1. The van der Waals surface area contributed by atoms with Crippen LogP contribution in [0.25, 0.3) is 0 Å². The van der Waals surface area contributed by atoms with Crippen LogP contribution >= 0.6 is 11.6 Å². The zero-order chi connectivity index (χ0) is 38.7. The molecule has 1 saturated carbocycles. The van der Waals surface area contributed by atoms with Crippen molar-refractivity contribution in [3.8, 4) is 11.8 Å². The van der Waals surface area contributed by atoms with Gasteiger partial charge in [0.05, 0.1) is 27.3 Å². The number of aromatic nitrogens is 1. The Hall–Kier alpha value is -5.39. The SMILES string of the molecule is CC1(C)C(NC(=O)c2ccc(N3CCN(Cc4cc(F)c5c(c4)C(=O)N(C4CCC(=O)NC4=O)C5=O)CC3)nc2)C(C)(C)C1Oc1ccc(C#N)c(Cl)c1. The second-order valence-corrected chi connectivity index (χ2v) is 15.8. The van der Waals surface area contributed by atoms with Gasteiger partial charge in [0.25, 0.3) is 17.7 Å². The molecule has 3 fully saturated rings. The number of carbonyl (C=O) groups excluding carboxylic acids is 5. The average Bonchev–Trinajstić information content (AvgIpc) is 3.38. The summed E-state index contributed by atoms with van der Waals surface area (Å²) in [5.41, 5.74) is 0.0465. The van der Waals surface area contributed by atoms with Gasteiger partial charge >= 0.3 is 0 Å². The Bertz CT molecular complexity index is 2110. The largest absolute Gasteiger partial charge is 0.489 e. The minimum Gasteiger partial charge on any atom is -0.489 e. The lowest BCUT2D eigenvalue weighted by atomic mass is 9.49. The Kier molecular flexibility index (Phi) is 9.43. The van der Waals surface area contributed by atoms with Crippen LogP contribution in [0.3, 0.4) is 0 Å². The Morgan fingerprint density at radius 2 is 1.76 bits per heavy atom. The number of nitrogens with one attached hydrogen (secondary N) is 2. The summed E-state index contributed by atoms with van der Waals surface area (Å²) in [5, 5.41) is 14.8. The molecular formula is C39H39ClFN7O6. The maximum absolute atomic E-state index is 15.3. The van der Waals surface area contributed by atoms with Gasteiger partial charge in [-0.3, -0.25) is 39.1 Å². The number of pyridine rings is 1. The van der Waals surface area contributed by atoms with E-state index in [4.69, 9.17) is 16.3 Å². The molecule has 1 aromatic heterocycles. The number of piperazine rings is 1. The quantitative estimate of drug-likeness (QED) is 0.320. The van der Waals surface area contributed by atoms with Crippen LogP contribution in [0, 0.1) is 28.0 Å². The summed E-state index contributed by atoms with van der Waals surface area (Å²) < 4.78 is 21.6. The van der Waals surface area contributed by atoms with Gasteiger partial charge < -0.3 is 15.0 Å². The zero-order valence-electron chi connectivity index (χ0n) is 30.2. The van der Waals surface area contributed by atoms with Crippen LogP contribution < -0.4 is 20.3 Å². The monoisotopic (exact) mass is 755 g/mol. The van der Waals surface area contributed by atoms with Gasteiger partial charge in [-0.2, -0.15) is 5.26 Å². The number of anilines is 1. The second kappa shape index (κ2) is 13.8. The van der Waals surface area contributed by atoms with E-state index in [1.165, 1.54) is 12.1 Å². The highest BCUT2D eigenvalue weighted by atomic mass is 35.5. The molecule has 3 aliphatic heterocycles. The summed E-state index contributed by atoms with van der Waals surface area (Å²) in [6, 6.07) is 12.0. The van der Waals surface area contributed by atoms with Crippen LogP contribution in [-0.2, 0) is 16.1 Å². The summed E-state index contributed by atoms with van der Waals surface area (Å²) in [6.07, 6.45) is 1.30. The van der Waals surface area contributed by atoms with E-state index in [2.05, 4.69) is 25.4 Å². The predicted molar refractivity (Wildman–Crippen MR) is 194 cm³/mol. The molecule has 0 radical (unpaired) electrons. The van der Waals surface area contributed by atoms with Crippen molar-refractivity contribution in [3.63, 3.8) is 0 Å². The summed E-state index contributed by atoms with van der Waals surface area (Å²) in [7, 11) is 0. The molecule has 4 aliphatic rings. The highest BCUT2D eigenvalue weighted by Crippen LogP contribution is 2.55. The lowest BCUT2D eigenvalue weighted by Gasteiger charge is -2.63. The fourth-order valence-electron chi connectivity index (χ4n) is 8.61. The summed E-state index contributed by atoms with van der Waals surface area (Å²) in [6.45, 7) is 11.0. The van der Waals surface area contributed by atoms with Crippen molar-refractivity contribution in [2.45, 2.75) is 65.3 Å². The third-order valence-corrected chi connectivity index (χ3v) is 11.4. The van der Waals surface area contributed by atoms with E-state index >= 15 is 4.39 Å². The highest BCUT2D eigenvalue weighted by Gasteiger charge is 2.64. The fraction of sp³-hybridized carbons (Fsp3) is 0.410. The number of hydrogen-bond donors (Lipinski definition) is 2. The fourth-order valence-corrected chi connectivity index (χ4v) is 8.82.